The van der Waals surface area contributed by atoms with Crippen molar-refractivity contribution in [2.24, 2.45) is 17.8 Å². The van der Waals surface area contributed by atoms with Gasteiger partial charge in [-0.1, -0.05) is 74.7 Å². The molecule has 0 amide bonds. The quantitative estimate of drug-likeness (QED) is 0.0910. The van der Waals surface area contributed by atoms with E-state index < -0.39 is 5.79 Å². The first-order chi connectivity index (χ1) is 21.1. The average molecular weight is 631 g/mol. The van der Waals surface area contributed by atoms with Crippen LogP contribution in [-0.4, -0.2) is 92.7 Å². The molecule has 2 aliphatic rings. The molecule has 0 spiro atoms. The Balaban J connectivity index is 0. The molecule has 0 radical (unpaired) electrons. The van der Waals surface area contributed by atoms with Gasteiger partial charge in [-0.25, -0.2) is 0 Å². The Kier molecular flexibility index (Phi) is 28.6. The van der Waals surface area contributed by atoms with Gasteiger partial charge >= 0.3 is 11.9 Å². The van der Waals surface area contributed by atoms with Gasteiger partial charge in [0.2, 0.25) is 0 Å². The number of piperidine rings is 2. The number of hydrogen-bond acceptors (Lipinski definition) is 8. The maximum atomic E-state index is 12.2. The second kappa shape index (κ2) is 28.0. The molecule has 0 atom stereocenters. The Hall–Kier alpha value is -1.22. The minimum atomic E-state index is -0.841. The number of carbonyl (C=O) groups is 2. The largest absolute Gasteiger partial charge is 0.463 e. The topological polar surface area (TPSA) is 77.5 Å². The number of rotatable bonds is 17. The average Bonchev–Trinajstić information content (AvgIpc) is 3.04. The van der Waals surface area contributed by atoms with Crippen molar-refractivity contribution in [1.29, 1.82) is 0 Å². The molecule has 0 saturated carbocycles. The fourth-order valence-corrected chi connectivity index (χ4v) is 5.35. The van der Waals surface area contributed by atoms with Crippen LogP contribution in [0.4, 0.5) is 0 Å². The molecule has 0 bridgehead atoms. The van der Waals surface area contributed by atoms with Gasteiger partial charge in [-0.15, -0.1) is 0 Å². The molecule has 2 heterocycles. The smallest absolute Gasteiger partial charge is 0.308 e. The van der Waals surface area contributed by atoms with Gasteiger partial charge in [0, 0.05) is 12.6 Å². The van der Waals surface area contributed by atoms with Crippen molar-refractivity contribution in [2.45, 2.75) is 146 Å². The Morgan fingerprint density at radius 2 is 1.16 bits per heavy atom. The van der Waals surface area contributed by atoms with E-state index in [0.29, 0.717) is 12.5 Å². The van der Waals surface area contributed by atoms with Crippen LogP contribution in [-0.2, 0) is 28.5 Å². The molecule has 0 N–H and O–H groups in total. The molecule has 2 saturated heterocycles. The molecular formula is C36H74N2O6. The predicted molar refractivity (Wildman–Crippen MR) is 184 cm³/mol. The molecule has 0 aliphatic carbocycles. The van der Waals surface area contributed by atoms with Crippen LogP contribution in [0.15, 0.2) is 0 Å². The predicted octanol–water partition coefficient (Wildman–Crippen LogP) is 7.97. The Labute approximate surface area is 273 Å². The summed E-state index contributed by atoms with van der Waals surface area (Å²) in [5, 5.41) is 0. The van der Waals surface area contributed by atoms with Gasteiger partial charge in [0.15, 0.2) is 5.79 Å². The Bertz CT molecular complexity index is 670. The number of esters is 2. The van der Waals surface area contributed by atoms with Crippen LogP contribution in [0.1, 0.15) is 134 Å². The molecular weight excluding hydrogens is 556 g/mol. The van der Waals surface area contributed by atoms with Gasteiger partial charge in [0.05, 0.1) is 25.6 Å². The van der Waals surface area contributed by atoms with E-state index in [1.807, 2.05) is 41.5 Å². The molecule has 0 aromatic heterocycles. The minimum absolute atomic E-state index is 0.154. The van der Waals surface area contributed by atoms with E-state index in [1.165, 1.54) is 58.0 Å². The third-order valence-electron chi connectivity index (χ3n) is 7.99. The van der Waals surface area contributed by atoms with Crippen molar-refractivity contribution >= 4 is 11.9 Å². The molecule has 2 aliphatic heterocycles. The maximum absolute atomic E-state index is 12.2. The van der Waals surface area contributed by atoms with Crippen molar-refractivity contribution in [3.05, 3.63) is 0 Å². The van der Waals surface area contributed by atoms with Crippen LogP contribution in [0.25, 0.3) is 0 Å². The molecule has 264 valence electrons. The fourth-order valence-electron chi connectivity index (χ4n) is 5.35. The van der Waals surface area contributed by atoms with Crippen molar-refractivity contribution in [3.63, 3.8) is 0 Å². The van der Waals surface area contributed by atoms with E-state index in [9.17, 15) is 9.59 Å². The van der Waals surface area contributed by atoms with Crippen molar-refractivity contribution in [3.8, 4) is 0 Å². The molecule has 0 unspecified atom stereocenters. The minimum Gasteiger partial charge on any atom is -0.463 e. The monoisotopic (exact) mass is 631 g/mol. The third-order valence-corrected chi connectivity index (χ3v) is 7.99. The number of nitrogens with zero attached hydrogens (tertiary/aromatic N) is 2. The zero-order chi connectivity index (χ0) is 34.0. The summed E-state index contributed by atoms with van der Waals surface area (Å²) < 4.78 is 21.7. The van der Waals surface area contributed by atoms with Gasteiger partial charge in [0.25, 0.3) is 0 Å². The summed E-state index contributed by atoms with van der Waals surface area (Å²) in [5.74, 6) is 0.358. The number of carbonyl (C=O) groups excluding carboxylic acids is 2. The highest BCUT2D eigenvalue weighted by Crippen LogP contribution is 2.27. The number of ether oxygens (including phenoxy) is 4. The summed E-state index contributed by atoms with van der Waals surface area (Å²) in [5.41, 5.74) is 0. The highest BCUT2D eigenvalue weighted by molar-refractivity contribution is 5.71. The molecule has 0 aromatic rings. The van der Waals surface area contributed by atoms with Gasteiger partial charge < -0.3 is 28.7 Å². The first-order valence-electron chi connectivity index (χ1n) is 18.1. The van der Waals surface area contributed by atoms with Crippen LogP contribution >= 0.6 is 0 Å². The summed E-state index contributed by atoms with van der Waals surface area (Å²) in [6, 6.07) is 0.690. The molecule has 2 rings (SSSR count). The normalized spacial score (nSPS) is 16.7. The second-order valence-corrected chi connectivity index (χ2v) is 12.2. The molecule has 2 fully saturated rings. The zero-order valence-electron chi connectivity index (χ0n) is 31.2. The first-order valence-corrected chi connectivity index (χ1v) is 18.1. The van der Waals surface area contributed by atoms with Crippen LogP contribution in [0, 0.1) is 17.8 Å². The van der Waals surface area contributed by atoms with E-state index in [4.69, 9.17) is 18.9 Å². The lowest BCUT2D eigenvalue weighted by Gasteiger charge is -2.35. The van der Waals surface area contributed by atoms with Crippen LogP contribution in [0.5, 0.6) is 0 Å². The summed E-state index contributed by atoms with van der Waals surface area (Å²) in [6.45, 7) is 30.2. The summed E-state index contributed by atoms with van der Waals surface area (Å²) in [4.78, 5) is 28.6. The van der Waals surface area contributed by atoms with E-state index >= 15 is 0 Å². The SMILES string of the molecule is CC.CC.CC.CC(C)C(=O)OCCOC(C)(C)OCCOC(=O)CCN1CCC(CCCC2CCN(C(C)C)CC2)CC1. The molecule has 8 nitrogen and oxygen atoms in total. The summed E-state index contributed by atoms with van der Waals surface area (Å²) >= 11 is 0. The van der Waals surface area contributed by atoms with Crippen molar-refractivity contribution in [2.75, 3.05) is 59.2 Å². The molecule has 8 heteroatoms. The number of hydrogen-bond donors (Lipinski definition) is 0. The highest BCUT2D eigenvalue weighted by Gasteiger charge is 2.23. The Morgan fingerprint density at radius 3 is 1.61 bits per heavy atom. The fraction of sp³-hybridized carbons (Fsp3) is 0.944. The standard InChI is InChI=1S/C30H56N2O6.3C2H6/c1-24(2)29(34)36-21-23-38-30(5,6)37-22-20-35-28(33)14-17-31-15-10-26(11-16-31)8-7-9-27-12-18-32(19-13-27)25(3)4;3*1-2/h24-27H,7-23H2,1-6H3;3*1-2H3. The van der Waals surface area contributed by atoms with E-state index in [1.54, 1.807) is 27.7 Å². The summed E-state index contributed by atoms with van der Waals surface area (Å²) in [7, 11) is 0. The molecule has 0 aromatic carbocycles. The Morgan fingerprint density at radius 1 is 0.705 bits per heavy atom. The van der Waals surface area contributed by atoms with Crippen molar-refractivity contribution in [1.82, 2.24) is 9.80 Å². The third kappa shape index (κ3) is 22.3. The van der Waals surface area contributed by atoms with Gasteiger partial charge in [0.1, 0.15) is 13.2 Å². The lowest BCUT2D eigenvalue weighted by atomic mass is 9.86. The van der Waals surface area contributed by atoms with E-state index in [0.717, 1.165) is 31.5 Å². The van der Waals surface area contributed by atoms with Crippen LogP contribution in [0.2, 0.25) is 0 Å². The first kappa shape index (κ1) is 44.9. The van der Waals surface area contributed by atoms with Crippen LogP contribution in [0.3, 0.4) is 0 Å². The lowest BCUT2D eigenvalue weighted by Crippen LogP contribution is -2.38. The lowest BCUT2D eigenvalue weighted by molar-refractivity contribution is -0.223. The molecule has 44 heavy (non-hydrogen) atoms. The number of likely N-dealkylation sites (tertiary alicyclic amines) is 2. The highest BCUT2D eigenvalue weighted by atomic mass is 16.7. The van der Waals surface area contributed by atoms with Gasteiger partial charge in [-0.05, 0) is 91.4 Å². The van der Waals surface area contributed by atoms with Gasteiger partial charge in [-0.3, -0.25) is 9.59 Å². The van der Waals surface area contributed by atoms with E-state index in [-0.39, 0.29) is 44.3 Å². The van der Waals surface area contributed by atoms with E-state index in [2.05, 4.69) is 23.6 Å². The van der Waals surface area contributed by atoms with Gasteiger partial charge in [-0.2, -0.15) is 0 Å². The summed E-state index contributed by atoms with van der Waals surface area (Å²) in [6.07, 6.45) is 9.81. The second-order valence-electron chi connectivity index (χ2n) is 12.2. The van der Waals surface area contributed by atoms with Crippen molar-refractivity contribution < 1.29 is 28.5 Å². The van der Waals surface area contributed by atoms with Crippen LogP contribution < -0.4 is 0 Å². The maximum Gasteiger partial charge on any atom is 0.308 e. The zero-order valence-corrected chi connectivity index (χ0v) is 31.2.